The second kappa shape index (κ2) is 10.3. The van der Waals surface area contributed by atoms with E-state index in [0.29, 0.717) is 6.04 Å². The maximum absolute atomic E-state index is 2.44. The number of benzene rings is 1. The molecule has 2 rings (SSSR count). The van der Waals surface area contributed by atoms with Crippen LogP contribution in [0.5, 0.6) is 0 Å². The van der Waals surface area contributed by atoms with Gasteiger partial charge in [0.05, 0.1) is 18.2 Å². The SMILES string of the molecule is CCCCCCCCCC[n+]1ccn(C(C)C)c1-c1ccccc1. The molecule has 0 N–H and O–H groups in total. The van der Waals surface area contributed by atoms with Crippen molar-refractivity contribution >= 4 is 0 Å². The number of nitrogens with zero attached hydrogens (tertiary/aromatic N) is 2. The molecule has 0 fully saturated rings. The van der Waals surface area contributed by atoms with Crippen LogP contribution in [0.2, 0.25) is 0 Å². The van der Waals surface area contributed by atoms with Crippen molar-refractivity contribution in [3.05, 3.63) is 42.7 Å². The topological polar surface area (TPSA) is 8.81 Å². The summed E-state index contributed by atoms with van der Waals surface area (Å²) in [6, 6.07) is 11.3. The van der Waals surface area contributed by atoms with Crippen LogP contribution in [0.15, 0.2) is 42.7 Å². The molecule has 0 aliphatic carbocycles. The zero-order valence-electron chi connectivity index (χ0n) is 15.9. The van der Waals surface area contributed by atoms with Gasteiger partial charge in [0.2, 0.25) is 0 Å². The third kappa shape index (κ3) is 5.51. The molecule has 0 saturated carbocycles. The van der Waals surface area contributed by atoms with Gasteiger partial charge < -0.3 is 0 Å². The van der Waals surface area contributed by atoms with Gasteiger partial charge in [0, 0.05) is 0 Å². The highest BCUT2D eigenvalue weighted by molar-refractivity contribution is 5.52. The standard InChI is InChI=1S/C22H35N2/c1-4-5-6-7-8-9-10-14-17-23-18-19-24(20(2)3)22(23)21-15-12-11-13-16-21/h11-13,15-16,18-20H,4-10,14,17H2,1-3H3/q+1. The van der Waals surface area contributed by atoms with Crippen molar-refractivity contribution in [1.82, 2.24) is 4.57 Å². The van der Waals surface area contributed by atoms with E-state index < -0.39 is 0 Å². The van der Waals surface area contributed by atoms with Crippen molar-refractivity contribution in [3.63, 3.8) is 0 Å². The summed E-state index contributed by atoms with van der Waals surface area (Å²) in [5, 5.41) is 0. The normalized spacial score (nSPS) is 11.3. The predicted octanol–water partition coefficient (Wildman–Crippen LogP) is 6.16. The van der Waals surface area contributed by atoms with Gasteiger partial charge in [-0.05, 0) is 38.8 Å². The van der Waals surface area contributed by atoms with Gasteiger partial charge in [-0.25, -0.2) is 9.13 Å². The Labute approximate surface area is 148 Å². The van der Waals surface area contributed by atoms with Crippen molar-refractivity contribution in [2.75, 3.05) is 0 Å². The van der Waals surface area contributed by atoms with E-state index in [2.05, 4.69) is 72.6 Å². The molecule has 24 heavy (non-hydrogen) atoms. The molecule has 0 aliphatic heterocycles. The van der Waals surface area contributed by atoms with E-state index in [0.717, 1.165) is 6.54 Å². The Kier molecular flexibility index (Phi) is 8.07. The summed E-state index contributed by atoms with van der Waals surface area (Å²) >= 11 is 0. The Hall–Kier alpha value is -1.57. The third-order valence-electron chi connectivity index (χ3n) is 4.76. The first-order valence-corrected chi connectivity index (χ1v) is 9.89. The van der Waals surface area contributed by atoms with Crippen molar-refractivity contribution in [2.24, 2.45) is 0 Å². The highest BCUT2D eigenvalue weighted by Crippen LogP contribution is 2.20. The van der Waals surface area contributed by atoms with E-state index in [1.165, 1.54) is 62.8 Å². The van der Waals surface area contributed by atoms with Crippen molar-refractivity contribution < 1.29 is 4.57 Å². The third-order valence-corrected chi connectivity index (χ3v) is 4.76. The number of hydrogen-bond donors (Lipinski definition) is 0. The van der Waals surface area contributed by atoms with Crippen LogP contribution in [-0.4, -0.2) is 4.57 Å². The van der Waals surface area contributed by atoms with Crippen LogP contribution in [0.4, 0.5) is 0 Å². The molecule has 0 bridgehead atoms. The Morgan fingerprint density at radius 1 is 0.875 bits per heavy atom. The average Bonchev–Trinajstić information content (AvgIpc) is 3.02. The fourth-order valence-corrected chi connectivity index (χ4v) is 3.36. The smallest absolute Gasteiger partial charge is 0.230 e. The lowest BCUT2D eigenvalue weighted by Crippen LogP contribution is -2.35. The van der Waals surface area contributed by atoms with Crippen molar-refractivity contribution in [2.45, 2.75) is 84.7 Å². The van der Waals surface area contributed by atoms with Gasteiger partial charge in [-0.3, -0.25) is 0 Å². The van der Waals surface area contributed by atoms with Crippen LogP contribution in [0.3, 0.4) is 0 Å². The fraction of sp³-hybridized carbons (Fsp3) is 0.591. The molecular formula is C22H35N2+. The lowest BCUT2D eigenvalue weighted by molar-refractivity contribution is -0.686. The first-order valence-electron chi connectivity index (χ1n) is 9.89. The van der Waals surface area contributed by atoms with Crippen LogP contribution < -0.4 is 4.57 Å². The lowest BCUT2D eigenvalue weighted by Gasteiger charge is -2.08. The first kappa shape index (κ1) is 18.8. The summed E-state index contributed by atoms with van der Waals surface area (Å²) in [4.78, 5) is 0. The summed E-state index contributed by atoms with van der Waals surface area (Å²) in [5.41, 5.74) is 1.32. The van der Waals surface area contributed by atoms with Crippen molar-refractivity contribution in [1.29, 1.82) is 0 Å². The van der Waals surface area contributed by atoms with Gasteiger partial charge in [-0.15, -0.1) is 0 Å². The second-order valence-electron chi connectivity index (χ2n) is 7.16. The molecule has 1 heterocycles. The first-order chi connectivity index (χ1) is 11.7. The molecule has 0 amide bonds. The number of aromatic nitrogens is 2. The molecule has 2 nitrogen and oxygen atoms in total. The zero-order chi connectivity index (χ0) is 17.2. The molecular weight excluding hydrogens is 292 g/mol. The van der Waals surface area contributed by atoms with E-state index in [4.69, 9.17) is 0 Å². The minimum Gasteiger partial charge on any atom is -0.230 e. The van der Waals surface area contributed by atoms with Gasteiger partial charge in [0.25, 0.3) is 5.82 Å². The Morgan fingerprint density at radius 2 is 1.50 bits per heavy atom. The Morgan fingerprint density at radius 3 is 2.12 bits per heavy atom. The minimum absolute atomic E-state index is 0.486. The van der Waals surface area contributed by atoms with Crippen LogP contribution in [0.25, 0.3) is 11.4 Å². The van der Waals surface area contributed by atoms with E-state index >= 15 is 0 Å². The monoisotopic (exact) mass is 327 g/mol. The quantitative estimate of drug-likeness (QED) is 0.345. The minimum atomic E-state index is 0.486. The van der Waals surface area contributed by atoms with E-state index in [-0.39, 0.29) is 0 Å². The summed E-state index contributed by atoms with van der Waals surface area (Å²) < 4.78 is 4.83. The van der Waals surface area contributed by atoms with Gasteiger partial charge >= 0.3 is 0 Å². The molecule has 0 aliphatic rings. The number of imidazole rings is 1. The van der Waals surface area contributed by atoms with Crippen LogP contribution in [-0.2, 0) is 6.54 Å². The van der Waals surface area contributed by atoms with Gasteiger partial charge in [0.15, 0.2) is 0 Å². The molecule has 0 radical (unpaired) electrons. The van der Waals surface area contributed by atoms with E-state index in [9.17, 15) is 0 Å². The number of aryl methyl sites for hydroxylation is 1. The predicted molar refractivity (Wildman–Crippen MR) is 103 cm³/mol. The number of hydrogen-bond acceptors (Lipinski definition) is 0. The van der Waals surface area contributed by atoms with E-state index in [1.54, 1.807) is 0 Å². The highest BCUT2D eigenvalue weighted by Gasteiger charge is 2.20. The second-order valence-corrected chi connectivity index (χ2v) is 7.16. The molecule has 0 atom stereocenters. The fourth-order valence-electron chi connectivity index (χ4n) is 3.36. The highest BCUT2D eigenvalue weighted by atomic mass is 15.2. The molecule has 1 aromatic carbocycles. The molecule has 2 aromatic rings. The summed E-state index contributed by atoms with van der Waals surface area (Å²) in [7, 11) is 0. The van der Waals surface area contributed by atoms with Crippen LogP contribution >= 0.6 is 0 Å². The molecule has 0 unspecified atom stereocenters. The Balaban J connectivity index is 1.89. The van der Waals surface area contributed by atoms with Crippen LogP contribution in [0, 0.1) is 0 Å². The molecule has 0 saturated heterocycles. The molecule has 132 valence electrons. The van der Waals surface area contributed by atoms with Crippen LogP contribution in [0.1, 0.15) is 78.2 Å². The van der Waals surface area contributed by atoms with Gasteiger partial charge in [-0.2, -0.15) is 0 Å². The maximum Gasteiger partial charge on any atom is 0.289 e. The summed E-state index contributed by atoms with van der Waals surface area (Å²) in [6.07, 6.45) is 15.5. The van der Waals surface area contributed by atoms with Gasteiger partial charge in [-0.1, -0.05) is 63.6 Å². The lowest BCUT2D eigenvalue weighted by atomic mass is 10.1. The zero-order valence-corrected chi connectivity index (χ0v) is 15.9. The maximum atomic E-state index is 2.44. The molecule has 0 spiro atoms. The number of rotatable bonds is 11. The van der Waals surface area contributed by atoms with E-state index in [1.807, 2.05) is 0 Å². The van der Waals surface area contributed by atoms with Gasteiger partial charge in [0.1, 0.15) is 12.4 Å². The summed E-state index contributed by atoms with van der Waals surface area (Å²) in [6.45, 7) is 7.92. The molecule has 2 heteroatoms. The Bertz CT molecular complexity index is 569. The largest absolute Gasteiger partial charge is 0.289 e. The summed E-state index contributed by atoms with van der Waals surface area (Å²) in [5.74, 6) is 1.34. The van der Waals surface area contributed by atoms with Crippen molar-refractivity contribution in [3.8, 4) is 11.4 Å². The molecule has 1 aromatic heterocycles. The number of unbranched alkanes of at least 4 members (excludes halogenated alkanes) is 7. The average molecular weight is 328 g/mol.